The number of rotatable bonds is 6. The van der Waals surface area contributed by atoms with Crippen molar-refractivity contribution in [2.75, 3.05) is 11.3 Å². The average molecular weight is 307 g/mol. The molecule has 2 rings (SSSR count). The standard InChI is InChI=1S/C15H21N3O2S/c1-11(2)17-10-12(3)21(19,20)18-15-8-4-7-14-13(15)6-5-9-16-14/h4-9,11-12,17-18H,10H2,1-3H3. The summed E-state index contributed by atoms with van der Waals surface area (Å²) >= 11 is 0. The highest BCUT2D eigenvalue weighted by Crippen LogP contribution is 2.23. The lowest BCUT2D eigenvalue weighted by Gasteiger charge is -2.17. The highest BCUT2D eigenvalue weighted by Gasteiger charge is 2.21. The highest BCUT2D eigenvalue weighted by molar-refractivity contribution is 7.93. The highest BCUT2D eigenvalue weighted by atomic mass is 32.2. The van der Waals surface area contributed by atoms with Gasteiger partial charge in [-0.15, -0.1) is 0 Å². The van der Waals surface area contributed by atoms with Crippen molar-refractivity contribution < 1.29 is 8.42 Å². The summed E-state index contributed by atoms with van der Waals surface area (Å²) in [5.41, 5.74) is 1.34. The largest absolute Gasteiger partial charge is 0.313 e. The molecule has 114 valence electrons. The molecule has 5 nitrogen and oxygen atoms in total. The number of aromatic nitrogens is 1. The van der Waals surface area contributed by atoms with Crippen LogP contribution in [0.3, 0.4) is 0 Å². The average Bonchev–Trinajstić information content (AvgIpc) is 2.44. The molecule has 0 aliphatic rings. The molecular formula is C15H21N3O2S. The van der Waals surface area contributed by atoms with Crippen LogP contribution in [0.4, 0.5) is 5.69 Å². The summed E-state index contributed by atoms with van der Waals surface area (Å²) in [6.07, 6.45) is 1.69. The molecule has 0 aliphatic carbocycles. The Kier molecular flexibility index (Phi) is 4.80. The Morgan fingerprint density at radius 3 is 2.62 bits per heavy atom. The monoisotopic (exact) mass is 307 g/mol. The number of nitrogens with one attached hydrogen (secondary N) is 2. The van der Waals surface area contributed by atoms with Gasteiger partial charge in [0, 0.05) is 24.2 Å². The maximum Gasteiger partial charge on any atom is 0.236 e. The lowest BCUT2D eigenvalue weighted by molar-refractivity contribution is 0.553. The first-order valence-corrected chi connectivity index (χ1v) is 8.53. The van der Waals surface area contributed by atoms with Crippen molar-refractivity contribution in [2.45, 2.75) is 32.1 Å². The number of nitrogens with zero attached hydrogens (tertiary/aromatic N) is 1. The third-order valence-corrected chi connectivity index (χ3v) is 4.97. The fourth-order valence-corrected chi connectivity index (χ4v) is 2.96. The van der Waals surface area contributed by atoms with E-state index in [1.165, 1.54) is 0 Å². The van der Waals surface area contributed by atoms with E-state index in [0.717, 1.165) is 10.9 Å². The van der Waals surface area contributed by atoms with Gasteiger partial charge in [-0.2, -0.15) is 0 Å². The second-order valence-corrected chi connectivity index (χ2v) is 7.50. The van der Waals surface area contributed by atoms with Crippen LogP contribution in [0, 0.1) is 0 Å². The number of benzene rings is 1. The second kappa shape index (κ2) is 6.41. The van der Waals surface area contributed by atoms with Crippen molar-refractivity contribution in [2.24, 2.45) is 0 Å². The quantitative estimate of drug-likeness (QED) is 0.859. The third-order valence-electron chi connectivity index (χ3n) is 3.24. The maximum atomic E-state index is 12.4. The van der Waals surface area contributed by atoms with E-state index in [9.17, 15) is 8.42 Å². The first-order chi connectivity index (χ1) is 9.90. The Morgan fingerprint density at radius 2 is 1.90 bits per heavy atom. The number of anilines is 1. The van der Waals surface area contributed by atoms with Crippen LogP contribution in [-0.2, 0) is 10.0 Å². The molecule has 2 N–H and O–H groups in total. The van der Waals surface area contributed by atoms with Crippen molar-refractivity contribution in [1.82, 2.24) is 10.3 Å². The summed E-state index contributed by atoms with van der Waals surface area (Å²) < 4.78 is 27.4. The Hall–Kier alpha value is -1.66. The molecule has 0 saturated carbocycles. The molecule has 1 heterocycles. The van der Waals surface area contributed by atoms with Gasteiger partial charge in [-0.1, -0.05) is 19.9 Å². The smallest absolute Gasteiger partial charge is 0.236 e. The maximum absolute atomic E-state index is 12.4. The fourth-order valence-electron chi connectivity index (χ4n) is 1.96. The van der Waals surface area contributed by atoms with Crippen LogP contribution in [0.5, 0.6) is 0 Å². The van der Waals surface area contributed by atoms with Crippen LogP contribution < -0.4 is 10.0 Å². The van der Waals surface area contributed by atoms with Gasteiger partial charge in [-0.25, -0.2) is 8.42 Å². The Balaban J connectivity index is 2.22. The van der Waals surface area contributed by atoms with Gasteiger partial charge in [0.1, 0.15) is 0 Å². The first kappa shape index (κ1) is 15.7. The van der Waals surface area contributed by atoms with Gasteiger partial charge in [0.2, 0.25) is 10.0 Å². The zero-order valence-corrected chi connectivity index (χ0v) is 13.3. The van der Waals surface area contributed by atoms with Gasteiger partial charge in [0.25, 0.3) is 0 Å². The predicted molar refractivity (Wildman–Crippen MR) is 86.9 cm³/mol. The predicted octanol–water partition coefficient (Wildman–Crippen LogP) is 2.36. The van der Waals surface area contributed by atoms with E-state index >= 15 is 0 Å². The van der Waals surface area contributed by atoms with Gasteiger partial charge in [0.05, 0.1) is 16.5 Å². The summed E-state index contributed by atoms with van der Waals surface area (Å²) in [5, 5.41) is 3.42. The zero-order valence-electron chi connectivity index (χ0n) is 12.5. The van der Waals surface area contributed by atoms with Gasteiger partial charge in [-0.05, 0) is 31.2 Å². The third kappa shape index (κ3) is 3.92. The number of fused-ring (bicyclic) bond motifs is 1. The normalized spacial score (nSPS) is 13.5. The minimum Gasteiger partial charge on any atom is -0.313 e. The van der Waals surface area contributed by atoms with Gasteiger partial charge >= 0.3 is 0 Å². The molecule has 0 fully saturated rings. The van der Waals surface area contributed by atoms with Crippen LogP contribution >= 0.6 is 0 Å². The van der Waals surface area contributed by atoms with Crippen LogP contribution in [-0.4, -0.2) is 31.2 Å². The van der Waals surface area contributed by atoms with Crippen molar-refractivity contribution in [3.63, 3.8) is 0 Å². The molecule has 1 aromatic heterocycles. The number of pyridine rings is 1. The topological polar surface area (TPSA) is 71.1 Å². The lowest BCUT2D eigenvalue weighted by atomic mass is 10.2. The van der Waals surface area contributed by atoms with Gasteiger partial charge < -0.3 is 5.32 Å². The number of hydrogen-bond acceptors (Lipinski definition) is 4. The summed E-state index contributed by atoms with van der Waals surface area (Å²) in [4.78, 5) is 4.23. The van der Waals surface area contributed by atoms with Crippen molar-refractivity contribution in [1.29, 1.82) is 0 Å². The molecule has 1 atom stereocenters. The van der Waals surface area contributed by atoms with Crippen molar-refractivity contribution >= 4 is 26.6 Å². The molecule has 0 aliphatic heterocycles. The Bertz CT molecular complexity index is 708. The van der Waals surface area contributed by atoms with Crippen LogP contribution in [0.15, 0.2) is 36.5 Å². The second-order valence-electron chi connectivity index (χ2n) is 5.40. The first-order valence-electron chi connectivity index (χ1n) is 6.99. The van der Waals surface area contributed by atoms with Crippen molar-refractivity contribution in [3.05, 3.63) is 36.5 Å². The molecular weight excluding hydrogens is 286 g/mol. The minimum absolute atomic E-state index is 0.254. The van der Waals surface area contributed by atoms with Gasteiger partial charge in [-0.3, -0.25) is 9.71 Å². The van der Waals surface area contributed by atoms with E-state index in [1.807, 2.05) is 26.0 Å². The van der Waals surface area contributed by atoms with E-state index in [-0.39, 0.29) is 6.04 Å². The van der Waals surface area contributed by atoms with Crippen molar-refractivity contribution in [3.8, 4) is 0 Å². The molecule has 1 unspecified atom stereocenters. The molecule has 1 aromatic carbocycles. The van der Waals surface area contributed by atoms with Crippen LogP contribution in [0.1, 0.15) is 20.8 Å². The summed E-state index contributed by atoms with van der Waals surface area (Å²) in [5.74, 6) is 0. The molecule has 21 heavy (non-hydrogen) atoms. The van der Waals surface area contributed by atoms with Crippen LogP contribution in [0.25, 0.3) is 10.9 Å². The Morgan fingerprint density at radius 1 is 1.14 bits per heavy atom. The molecule has 2 aromatic rings. The molecule has 6 heteroatoms. The fraction of sp³-hybridized carbons (Fsp3) is 0.400. The molecule has 0 spiro atoms. The molecule has 0 bridgehead atoms. The minimum atomic E-state index is -3.44. The van der Waals surface area contributed by atoms with E-state index in [2.05, 4.69) is 15.0 Å². The number of hydrogen-bond donors (Lipinski definition) is 2. The van der Waals surface area contributed by atoms with E-state index < -0.39 is 15.3 Å². The SMILES string of the molecule is CC(C)NCC(C)S(=O)(=O)Nc1cccc2ncccc12. The van der Waals surface area contributed by atoms with Crippen LogP contribution in [0.2, 0.25) is 0 Å². The van der Waals surface area contributed by atoms with Gasteiger partial charge in [0.15, 0.2) is 0 Å². The summed E-state index contributed by atoms with van der Waals surface area (Å²) in [6, 6.07) is 9.32. The number of sulfonamides is 1. The summed E-state index contributed by atoms with van der Waals surface area (Å²) in [7, 11) is -3.44. The molecule has 0 radical (unpaired) electrons. The van der Waals surface area contributed by atoms with E-state index in [4.69, 9.17) is 0 Å². The zero-order chi connectivity index (χ0) is 15.5. The Labute approximate surface area is 125 Å². The lowest BCUT2D eigenvalue weighted by Crippen LogP contribution is -2.37. The van der Waals surface area contributed by atoms with E-state index in [1.54, 1.807) is 31.3 Å². The molecule has 0 amide bonds. The van der Waals surface area contributed by atoms with E-state index in [0.29, 0.717) is 12.2 Å². The molecule has 0 saturated heterocycles. The summed E-state index contributed by atoms with van der Waals surface area (Å²) in [6.45, 7) is 6.09.